The number of aliphatic hydroxyl groups is 1. The number of hydrogen-bond acceptors (Lipinski definition) is 5. The number of amides is 1. The summed E-state index contributed by atoms with van der Waals surface area (Å²) in [6.45, 7) is 5.72. The van der Waals surface area contributed by atoms with Gasteiger partial charge in [-0.2, -0.15) is 5.26 Å². The molecule has 6 heteroatoms. The number of rotatable bonds is 7. The normalized spacial score (nSPS) is 22.6. The highest BCUT2D eigenvalue weighted by molar-refractivity contribution is 5.84. The largest absolute Gasteiger partial charge is 0.371 e. The van der Waals surface area contributed by atoms with Crippen molar-refractivity contribution in [1.29, 1.82) is 5.26 Å². The lowest BCUT2D eigenvalue weighted by Crippen LogP contribution is -2.50. The van der Waals surface area contributed by atoms with Gasteiger partial charge in [0.15, 0.2) is 0 Å². The lowest BCUT2D eigenvalue weighted by atomic mass is 9.80. The molecule has 0 unspecified atom stereocenters. The van der Waals surface area contributed by atoms with Crippen LogP contribution in [0.4, 0.5) is 0 Å². The van der Waals surface area contributed by atoms with E-state index in [1.165, 1.54) is 0 Å². The van der Waals surface area contributed by atoms with E-state index in [9.17, 15) is 9.90 Å². The molecular weight excluding hydrogens is 388 g/mol. The molecule has 2 fully saturated rings. The van der Waals surface area contributed by atoms with Gasteiger partial charge in [0.1, 0.15) is 5.72 Å². The molecule has 2 aliphatic rings. The highest BCUT2D eigenvalue weighted by Gasteiger charge is 2.52. The zero-order chi connectivity index (χ0) is 22.1. The van der Waals surface area contributed by atoms with Crippen molar-refractivity contribution < 1.29 is 9.90 Å². The van der Waals surface area contributed by atoms with Crippen LogP contribution in [0.1, 0.15) is 56.4 Å². The molecule has 2 heterocycles. The molecule has 1 atom stereocenters. The van der Waals surface area contributed by atoms with Gasteiger partial charge in [-0.1, -0.05) is 18.2 Å². The fraction of sp³-hybridized carbons (Fsp3) is 0.480. The van der Waals surface area contributed by atoms with Crippen LogP contribution in [-0.4, -0.2) is 39.7 Å². The van der Waals surface area contributed by atoms with E-state index in [1.807, 2.05) is 42.5 Å². The molecule has 0 radical (unpaired) electrons. The van der Waals surface area contributed by atoms with Gasteiger partial charge in [0, 0.05) is 19.3 Å². The van der Waals surface area contributed by atoms with Gasteiger partial charge in [-0.25, -0.2) is 0 Å². The van der Waals surface area contributed by atoms with Gasteiger partial charge in [-0.05, 0) is 75.8 Å². The second-order valence-corrected chi connectivity index (χ2v) is 9.52. The minimum Gasteiger partial charge on any atom is -0.371 e. The lowest BCUT2D eigenvalue weighted by molar-refractivity contribution is -0.135. The molecule has 1 aromatic carbocycles. The molecule has 1 amide bonds. The number of pyridine rings is 1. The van der Waals surface area contributed by atoms with Gasteiger partial charge in [0.05, 0.1) is 28.3 Å². The minimum atomic E-state index is -1.03. The van der Waals surface area contributed by atoms with Gasteiger partial charge < -0.3 is 10.4 Å². The number of hydrogen-bond donors (Lipinski definition) is 2. The molecule has 2 aromatic rings. The van der Waals surface area contributed by atoms with Crippen LogP contribution >= 0.6 is 0 Å². The first-order valence-electron chi connectivity index (χ1n) is 11.0. The van der Waals surface area contributed by atoms with Crippen LogP contribution in [0.5, 0.6) is 0 Å². The third-order valence-corrected chi connectivity index (χ3v) is 6.96. The Bertz CT molecular complexity index is 977. The molecular formula is C25H30N4O2. The second kappa shape index (κ2) is 8.07. The van der Waals surface area contributed by atoms with Gasteiger partial charge >= 0.3 is 0 Å². The average Bonchev–Trinajstić information content (AvgIpc) is 3.33. The molecule has 162 valence electrons. The number of aryl methyl sites for hydroxylation is 1. The van der Waals surface area contributed by atoms with Crippen molar-refractivity contribution in [2.45, 2.75) is 57.2 Å². The zero-order valence-corrected chi connectivity index (χ0v) is 18.3. The third-order valence-electron chi connectivity index (χ3n) is 6.96. The second-order valence-electron chi connectivity index (χ2n) is 9.52. The first kappa shape index (κ1) is 21.5. The van der Waals surface area contributed by atoms with Crippen LogP contribution in [0.25, 0.3) is 0 Å². The molecule has 1 saturated carbocycles. The number of benzene rings is 1. The number of nitrogens with zero attached hydrogens (tertiary/aromatic N) is 3. The van der Waals surface area contributed by atoms with Crippen LogP contribution in [0.15, 0.2) is 48.7 Å². The maximum atomic E-state index is 13.4. The lowest BCUT2D eigenvalue weighted by Gasteiger charge is -2.37. The van der Waals surface area contributed by atoms with Gasteiger partial charge in [0.2, 0.25) is 5.91 Å². The number of nitriles is 1. The van der Waals surface area contributed by atoms with Gasteiger partial charge in [0.25, 0.3) is 0 Å². The van der Waals surface area contributed by atoms with E-state index in [2.05, 4.69) is 35.1 Å². The van der Waals surface area contributed by atoms with E-state index in [0.717, 1.165) is 30.6 Å². The van der Waals surface area contributed by atoms with Crippen molar-refractivity contribution in [2.24, 2.45) is 5.41 Å². The summed E-state index contributed by atoms with van der Waals surface area (Å²) in [5.41, 5.74) is 0.837. The minimum absolute atomic E-state index is 0.0551. The Morgan fingerprint density at radius 1 is 1.23 bits per heavy atom. The van der Waals surface area contributed by atoms with Crippen LogP contribution in [-0.2, 0) is 16.8 Å². The summed E-state index contributed by atoms with van der Waals surface area (Å²) in [7, 11) is 0. The number of carbonyl (C=O) groups is 1. The topological polar surface area (TPSA) is 89.2 Å². The summed E-state index contributed by atoms with van der Waals surface area (Å²) < 4.78 is 0. The van der Waals surface area contributed by atoms with E-state index in [-0.39, 0.29) is 11.4 Å². The maximum Gasteiger partial charge on any atom is 0.229 e. The first-order chi connectivity index (χ1) is 14.8. The van der Waals surface area contributed by atoms with Crippen LogP contribution in [0.3, 0.4) is 0 Å². The molecule has 4 rings (SSSR count). The predicted molar refractivity (Wildman–Crippen MR) is 118 cm³/mol. The number of carbonyl (C=O) groups excluding carboxylic acids is 1. The fourth-order valence-corrected chi connectivity index (χ4v) is 4.46. The number of aromatic nitrogens is 1. The summed E-state index contributed by atoms with van der Waals surface area (Å²) in [5, 5.41) is 22.3. The summed E-state index contributed by atoms with van der Waals surface area (Å²) in [5.74, 6) is -0.0551. The number of nitrogens with one attached hydrogen (secondary N) is 1. The molecule has 1 saturated heterocycles. The smallest absolute Gasteiger partial charge is 0.229 e. The van der Waals surface area contributed by atoms with Crippen LogP contribution in [0.2, 0.25) is 0 Å². The van der Waals surface area contributed by atoms with Crippen molar-refractivity contribution >= 4 is 5.91 Å². The first-order valence-corrected chi connectivity index (χ1v) is 11.0. The Balaban J connectivity index is 1.54. The Kier molecular flexibility index (Phi) is 5.59. The molecule has 0 spiro atoms. The molecule has 0 bridgehead atoms. The highest BCUT2D eigenvalue weighted by atomic mass is 16.3. The molecule has 1 aliphatic carbocycles. The predicted octanol–water partition coefficient (Wildman–Crippen LogP) is 3.11. The van der Waals surface area contributed by atoms with Crippen molar-refractivity contribution in [3.8, 4) is 6.07 Å². The zero-order valence-electron chi connectivity index (χ0n) is 18.3. The van der Waals surface area contributed by atoms with Crippen molar-refractivity contribution in [1.82, 2.24) is 15.2 Å². The average molecular weight is 419 g/mol. The SMILES string of the molecule is CC(C)(c1ccccn1)N1CC[C@@](CCc2ccc(C#N)cc2)(C(=O)NC2(O)CC2)C1. The Morgan fingerprint density at radius 2 is 1.97 bits per heavy atom. The third kappa shape index (κ3) is 4.48. The Morgan fingerprint density at radius 3 is 2.58 bits per heavy atom. The molecule has 31 heavy (non-hydrogen) atoms. The van der Waals surface area contributed by atoms with Crippen molar-refractivity contribution in [3.63, 3.8) is 0 Å². The molecule has 2 N–H and O–H groups in total. The van der Waals surface area contributed by atoms with Crippen molar-refractivity contribution in [2.75, 3.05) is 13.1 Å². The Labute approximate surface area is 183 Å². The summed E-state index contributed by atoms with van der Waals surface area (Å²) in [4.78, 5) is 20.3. The molecule has 6 nitrogen and oxygen atoms in total. The van der Waals surface area contributed by atoms with Crippen LogP contribution in [0, 0.1) is 16.7 Å². The summed E-state index contributed by atoms with van der Waals surface area (Å²) in [6, 6.07) is 15.6. The Hall–Kier alpha value is -2.75. The summed E-state index contributed by atoms with van der Waals surface area (Å²) in [6.07, 6.45) is 5.22. The van der Waals surface area contributed by atoms with Crippen molar-refractivity contribution in [3.05, 3.63) is 65.5 Å². The monoisotopic (exact) mass is 418 g/mol. The van der Waals surface area contributed by atoms with Gasteiger partial charge in [-0.3, -0.25) is 14.7 Å². The fourth-order valence-electron chi connectivity index (χ4n) is 4.46. The van der Waals surface area contributed by atoms with E-state index in [4.69, 9.17) is 5.26 Å². The highest BCUT2D eigenvalue weighted by Crippen LogP contribution is 2.43. The molecule has 1 aromatic heterocycles. The van der Waals surface area contributed by atoms with Crippen LogP contribution < -0.4 is 5.32 Å². The standard InChI is InChI=1S/C25H30N4O2/c1-23(2,21-5-3-4-15-27-21)29-16-14-24(18-29,22(30)28-25(31)12-13-25)11-10-19-6-8-20(17-26)9-7-19/h3-9,15,31H,10-14,16,18H2,1-2H3,(H,28,30)/t24-/m1/s1. The summed E-state index contributed by atoms with van der Waals surface area (Å²) >= 11 is 0. The number of likely N-dealkylation sites (tertiary alicyclic amines) is 1. The van der Waals surface area contributed by atoms with E-state index >= 15 is 0 Å². The molecule has 1 aliphatic heterocycles. The quantitative estimate of drug-likeness (QED) is 0.675. The van der Waals surface area contributed by atoms with E-state index in [0.29, 0.717) is 31.4 Å². The van der Waals surface area contributed by atoms with Gasteiger partial charge in [-0.15, -0.1) is 0 Å². The maximum absolute atomic E-state index is 13.4. The van der Waals surface area contributed by atoms with E-state index in [1.54, 1.807) is 6.20 Å². The van der Waals surface area contributed by atoms with E-state index < -0.39 is 11.1 Å².